The number of benzene rings is 1. The molecule has 0 aromatic heterocycles. The molecule has 1 saturated heterocycles. The minimum absolute atomic E-state index is 0.0522. The second-order valence-electron chi connectivity index (χ2n) is 5.29. The lowest BCUT2D eigenvalue weighted by Gasteiger charge is -2.39. The number of amides is 1. The van der Waals surface area contributed by atoms with Crippen LogP contribution in [0.15, 0.2) is 22.7 Å². The summed E-state index contributed by atoms with van der Waals surface area (Å²) in [5.41, 5.74) is 6.19. The highest BCUT2D eigenvalue weighted by molar-refractivity contribution is 9.10. The smallest absolute Gasteiger partial charge is 0.255 e. The van der Waals surface area contributed by atoms with Crippen LogP contribution < -0.4 is 5.73 Å². The van der Waals surface area contributed by atoms with E-state index in [0.717, 1.165) is 19.3 Å². The molecule has 1 heterocycles. The largest absolute Gasteiger partial charge is 0.334 e. The van der Waals surface area contributed by atoms with Crippen LogP contribution in [0.25, 0.3) is 0 Å². The second-order valence-corrected chi connectivity index (χ2v) is 6.08. The van der Waals surface area contributed by atoms with E-state index in [1.54, 1.807) is 17.0 Å². The maximum atomic E-state index is 13.6. The van der Waals surface area contributed by atoms with Crippen LogP contribution in [0.1, 0.15) is 36.5 Å². The molecule has 5 heteroatoms. The summed E-state index contributed by atoms with van der Waals surface area (Å²) in [5, 5.41) is 0. The molecule has 20 heavy (non-hydrogen) atoms. The lowest BCUT2D eigenvalue weighted by atomic mass is 9.88. The van der Waals surface area contributed by atoms with Crippen molar-refractivity contribution in [3.05, 3.63) is 34.1 Å². The van der Waals surface area contributed by atoms with Gasteiger partial charge in [0, 0.05) is 19.1 Å². The molecule has 2 rings (SSSR count). The Balaban J connectivity index is 2.22. The molecule has 0 saturated carbocycles. The molecule has 2 N–H and O–H groups in total. The van der Waals surface area contributed by atoms with Crippen molar-refractivity contribution in [2.45, 2.75) is 32.2 Å². The van der Waals surface area contributed by atoms with Gasteiger partial charge in [-0.1, -0.05) is 19.4 Å². The first-order chi connectivity index (χ1) is 9.58. The van der Waals surface area contributed by atoms with Crippen molar-refractivity contribution in [3.8, 4) is 0 Å². The number of carbonyl (C=O) groups excluding carboxylic acids is 1. The highest BCUT2D eigenvalue weighted by Gasteiger charge is 2.31. The average Bonchev–Trinajstić information content (AvgIpc) is 2.48. The Morgan fingerprint density at radius 3 is 2.95 bits per heavy atom. The van der Waals surface area contributed by atoms with Crippen molar-refractivity contribution in [1.29, 1.82) is 0 Å². The van der Waals surface area contributed by atoms with E-state index >= 15 is 0 Å². The maximum Gasteiger partial charge on any atom is 0.255 e. The fourth-order valence-electron chi connectivity index (χ4n) is 2.82. The van der Waals surface area contributed by atoms with Gasteiger partial charge in [-0.2, -0.15) is 0 Å². The fourth-order valence-corrected chi connectivity index (χ4v) is 3.25. The van der Waals surface area contributed by atoms with E-state index in [1.807, 2.05) is 0 Å². The number of likely N-dealkylation sites (tertiary alicyclic amines) is 1. The first-order valence-electron chi connectivity index (χ1n) is 7.03. The summed E-state index contributed by atoms with van der Waals surface area (Å²) in [6.45, 7) is 3.32. The Morgan fingerprint density at radius 2 is 2.30 bits per heavy atom. The van der Waals surface area contributed by atoms with E-state index in [9.17, 15) is 9.18 Å². The Bertz CT molecular complexity index is 495. The lowest BCUT2D eigenvalue weighted by Crippen LogP contribution is -2.49. The van der Waals surface area contributed by atoms with Crippen LogP contribution >= 0.6 is 15.9 Å². The minimum Gasteiger partial charge on any atom is -0.334 e. The molecular formula is C15H20BrFN2O. The molecule has 1 aromatic carbocycles. The number of nitrogens with two attached hydrogens (primary N) is 1. The van der Waals surface area contributed by atoms with Gasteiger partial charge in [-0.15, -0.1) is 0 Å². The molecule has 0 bridgehead atoms. The first kappa shape index (κ1) is 15.4. The number of carbonyl (C=O) groups is 1. The number of rotatable bonds is 3. The molecule has 0 spiro atoms. The molecule has 1 fully saturated rings. The predicted octanol–water partition coefficient (Wildman–Crippen LogP) is 3.18. The van der Waals surface area contributed by atoms with E-state index in [4.69, 9.17) is 5.73 Å². The Hall–Kier alpha value is -0.940. The molecule has 1 aromatic rings. The van der Waals surface area contributed by atoms with Crippen LogP contribution in [0.3, 0.4) is 0 Å². The second kappa shape index (κ2) is 6.68. The zero-order valence-electron chi connectivity index (χ0n) is 11.6. The van der Waals surface area contributed by atoms with Crippen LogP contribution in [0, 0.1) is 11.7 Å². The molecule has 1 amide bonds. The number of hydrogen-bond donors (Lipinski definition) is 1. The van der Waals surface area contributed by atoms with Gasteiger partial charge >= 0.3 is 0 Å². The van der Waals surface area contributed by atoms with Gasteiger partial charge in [0.2, 0.25) is 0 Å². The van der Waals surface area contributed by atoms with Crippen molar-refractivity contribution in [2.75, 3.05) is 13.1 Å². The molecule has 0 aliphatic carbocycles. The normalized spacial score (nSPS) is 22.9. The van der Waals surface area contributed by atoms with E-state index < -0.39 is 5.82 Å². The fraction of sp³-hybridized carbons (Fsp3) is 0.533. The third kappa shape index (κ3) is 3.04. The van der Waals surface area contributed by atoms with Crippen LogP contribution in [0.2, 0.25) is 0 Å². The van der Waals surface area contributed by atoms with Crippen LogP contribution in [0.4, 0.5) is 4.39 Å². The summed E-state index contributed by atoms with van der Waals surface area (Å²) in [6.07, 6.45) is 3.04. The first-order valence-corrected chi connectivity index (χ1v) is 7.82. The van der Waals surface area contributed by atoms with Gasteiger partial charge in [-0.25, -0.2) is 4.39 Å². The molecule has 2 atom stereocenters. The summed E-state index contributed by atoms with van der Waals surface area (Å²) >= 11 is 3.16. The quantitative estimate of drug-likeness (QED) is 0.916. The van der Waals surface area contributed by atoms with Crippen molar-refractivity contribution in [2.24, 2.45) is 11.7 Å². The highest BCUT2D eigenvalue weighted by atomic mass is 79.9. The van der Waals surface area contributed by atoms with Gasteiger partial charge in [0.05, 0.1) is 10.0 Å². The van der Waals surface area contributed by atoms with Gasteiger partial charge in [0.15, 0.2) is 0 Å². The highest BCUT2D eigenvalue weighted by Crippen LogP contribution is 2.28. The molecule has 1 aliphatic heterocycles. The van der Waals surface area contributed by atoms with Gasteiger partial charge < -0.3 is 10.6 Å². The number of hydrogen-bond acceptors (Lipinski definition) is 2. The van der Waals surface area contributed by atoms with Crippen LogP contribution in [0.5, 0.6) is 0 Å². The molecule has 0 radical (unpaired) electrons. The summed E-state index contributed by atoms with van der Waals surface area (Å²) < 4.78 is 13.8. The van der Waals surface area contributed by atoms with Gasteiger partial charge in [0.25, 0.3) is 5.91 Å². The molecule has 110 valence electrons. The summed E-state index contributed by atoms with van der Waals surface area (Å²) in [6, 6.07) is 4.60. The third-order valence-electron chi connectivity index (χ3n) is 4.12. The van der Waals surface area contributed by atoms with Gasteiger partial charge in [-0.3, -0.25) is 4.79 Å². The minimum atomic E-state index is -0.413. The molecular weight excluding hydrogens is 323 g/mol. The Morgan fingerprint density at radius 1 is 1.55 bits per heavy atom. The van der Waals surface area contributed by atoms with Gasteiger partial charge in [-0.05, 0) is 46.8 Å². The molecule has 2 unspecified atom stereocenters. The standard InChI is InChI=1S/C15H20BrFN2O/c1-2-10-6-7-19(11(8-10)9-18)15(20)12-4-3-5-13(17)14(12)16/h3-5,10-11H,2,6-9,18H2,1H3. The third-order valence-corrected chi connectivity index (χ3v) is 4.92. The van der Waals surface area contributed by atoms with Crippen LogP contribution in [-0.4, -0.2) is 29.9 Å². The summed E-state index contributed by atoms with van der Waals surface area (Å²) in [7, 11) is 0. The zero-order chi connectivity index (χ0) is 14.7. The van der Waals surface area contributed by atoms with Crippen molar-refractivity contribution in [1.82, 2.24) is 4.90 Å². The monoisotopic (exact) mass is 342 g/mol. The predicted molar refractivity (Wildman–Crippen MR) is 81.0 cm³/mol. The van der Waals surface area contributed by atoms with E-state index in [-0.39, 0.29) is 16.4 Å². The van der Waals surface area contributed by atoms with Crippen molar-refractivity contribution in [3.63, 3.8) is 0 Å². The van der Waals surface area contributed by atoms with Crippen molar-refractivity contribution >= 4 is 21.8 Å². The number of nitrogens with zero attached hydrogens (tertiary/aromatic N) is 1. The summed E-state index contributed by atoms with van der Waals surface area (Å²) in [4.78, 5) is 14.4. The SMILES string of the molecule is CCC1CCN(C(=O)c2cccc(F)c2Br)C(CN)C1. The van der Waals surface area contributed by atoms with E-state index in [2.05, 4.69) is 22.9 Å². The molecule has 1 aliphatic rings. The van der Waals surface area contributed by atoms with Gasteiger partial charge in [0.1, 0.15) is 5.82 Å². The average molecular weight is 343 g/mol. The zero-order valence-corrected chi connectivity index (χ0v) is 13.2. The molecule has 3 nitrogen and oxygen atoms in total. The number of piperidine rings is 1. The topological polar surface area (TPSA) is 46.3 Å². The van der Waals surface area contributed by atoms with E-state index in [0.29, 0.717) is 24.6 Å². The van der Waals surface area contributed by atoms with Crippen molar-refractivity contribution < 1.29 is 9.18 Å². The maximum absolute atomic E-state index is 13.6. The lowest BCUT2D eigenvalue weighted by molar-refractivity contribution is 0.0557. The Labute approximate surface area is 127 Å². The summed E-state index contributed by atoms with van der Waals surface area (Å²) in [5.74, 6) is 0.0773. The van der Waals surface area contributed by atoms with Crippen LogP contribution in [-0.2, 0) is 0 Å². The number of halogens is 2. The van der Waals surface area contributed by atoms with E-state index in [1.165, 1.54) is 6.07 Å². The Kier molecular flexibility index (Phi) is 5.16.